The summed E-state index contributed by atoms with van der Waals surface area (Å²) in [4.78, 5) is 17.3. The molecule has 0 saturated carbocycles. The van der Waals surface area contributed by atoms with Crippen LogP contribution in [-0.2, 0) is 4.79 Å². The fourth-order valence-corrected chi connectivity index (χ4v) is 2.06. The van der Waals surface area contributed by atoms with Crippen molar-refractivity contribution in [3.05, 3.63) is 24.0 Å². The average Bonchev–Trinajstić information content (AvgIpc) is 2.78. The number of aliphatic hydroxyl groups is 1. The van der Waals surface area contributed by atoms with Gasteiger partial charge in [-0.25, -0.2) is 0 Å². The zero-order valence-corrected chi connectivity index (χ0v) is 9.84. The molecule has 5 nitrogen and oxygen atoms in total. The molecular weight excluding hydrogens is 218 g/mol. The summed E-state index contributed by atoms with van der Waals surface area (Å²) >= 11 is 0. The van der Waals surface area contributed by atoms with Crippen LogP contribution < -0.4 is 10.6 Å². The van der Waals surface area contributed by atoms with Crippen LogP contribution in [0.5, 0.6) is 0 Å². The number of hydrogen-bond acceptors (Lipinski definition) is 4. The summed E-state index contributed by atoms with van der Waals surface area (Å²) in [7, 11) is 0. The van der Waals surface area contributed by atoms with Crippen LogP contribution in [0, 0.1) is 5.92 Å². The molecule has 1 saturated heterocycles. The van der Waals surface area contributed by atoms with Gasteiger partial charge in [0.15, 0.2) is 0 Å². The van der Waals surface area contributed by atoms with Gasteiger partial charge in [0.1, 0.15) is 0 Å². The number of carbonyl (C=O) groups excluding carboxylic acids is 1. The molecule has 1 aliphatic rings. The van der Waals surface area contributed by atoms with Crippen LogP contribution in [0.1, 0.15) is 25.1 Å². The van der Waals surface area contributed by atoms with E-state index in [9.17, 15) is 9.90 Å². The van der Waals surface area contributed by atoms with Crippen molar-refractivity contribution in [1.82, 2.24) is 4.98 Å². The molecular formula is C12H17N3O2. The molecule has 2 heterocycles. The van der Waals surface area contributed by atoms with E-state index in [-0.39, 0.29) is 11.8 Å². The van der Waals surface area contributed by atoms with E-state index >= 15 is 0 Å². The molecule has 3 N–H and O–H groups in total. The predicted molar refractivity (Wildman–Crippen MR) is 64.4 cm³/mol. The van der Waals surface area contributed by atoms with Crippen molar-refractivity contribution in [1.29, 1.82) is 0 Å². The van der Waals surface area contributed by atoms with Crippen molar-refractivity contribution >= 4 is 11.6 Å². The molecule has 1 aromatic heterocycles. The summed E-state index contributed by atoms with van der Waals surface area (Å²) in [5, 5.41) is 9.36. The first kappa shape index (κ1) is 11.9. The van der Waals surface area contributed by atoms with E-state index < -0.39 is 6.10 Å². The lowest BCUT2D eigenvalue weighted by Gasteiger charge is -2.18. The zero-order valence-electron chi connectivity index (χ0n) is 9.84. The number of pyridine rings is 1. The normalized spacial score (nSPS) is 21.5. The van der Waals surface area contributed by atoms with Crippen molar-refractivity contribution in [3.63, 3.8) is 0 Å². The molecule has 0 spiro atoms. The second-order valence-corrected chi connectivity index (χ2v) is 4.45. The van der Waals surface area contributed by atoms with E-state index in [1.165, 1.54) is 0 Å². The summed E-state index contributed by atoms with van der Waals surface area (Å²) in [6.45, 7) is 3.16. The molecule has 1 aromatic rings. The Labute approximate surface area is 100 Å². The molecule has 0 aromatic carbocycles. The van der Waals surface area contributed by atoms with Gasteiger partial charge < -0.3 is 15.7 Å². The van der Waals surface area contributed by atoms with Gasteiger partial charge in [-0.05, 0) is 25.5 Å². The highest BCUT2D eigenvalue weighted by Crippen LogP contribution is 2.23. The minimum Gasteiger partial charge on any atom is -0.387 e. The van der Waals surface area contributed by atoms with E-state index in [4.69, 9.17) is 5.73 Å². The fraction of sp³-hybridized carbons (Fsp3) is 0.500. The molecule has 1 aliphatic heterocycles. The number of anilines is 1. The topological polar surface area (TPSA) is 79.5 Å². The van der Waals surface area contributed by atoms with Gasteiger partial charge in [0.2, 0.25) is 5.91 Å². The van der Waals surface area contributed by atoms with Gasteiger partial charge in [0.25, 0.3) is 0 Å². The highest BCUT2D eigenvalue weighted by atomic mass is 16.3. The summed E-state index contributed by atoms with van der Waals surface area (Å²) in [5.74, 6) is -0.299. The molecule has 92 valence electrons. The maximum Gasteiger partial charge on any atom is 0.222 e. The molecule has 2 atom stereocenters. The lowest BCUT2D eigenvalue weighted by molar-refractivity contribution is -0.121. The van der Waals surface area contributed by atoms with E-state index in [1.54, 1.807) is 19.2 Å². The minimum atomic E-state index is -0.555. The number of aliphatic hydroxyl groups excluding tert-OH is 1. The van der Waals surface area contributed by atoms with E-state index in [1.807, 2.05) is 6.07 Å². The lowest BCUT2D eigenvalue weighted by Crippen LogP contribution is -2.27. The Morgan fingerprint density at radius 3 is 2.88 bits per heavy atom. The van der Waals surface area contributed by atoms with Crippen LogP contribution in [0.2, 0.25) is 0 Å². The zero-order chi connectivity index (χ0) is 12.4. The van der Waals surface area contributed by atoms with Gasteiger partial charge in [-0.1, -0.05) is 0 Å². The summed E-state index contributed by atoms with van der Waals surface area (Å²) < 4.78 is 0. The van der Waals surface area contributed by atoms with Gasteiger partial charge >= 0.3 is 0 Å². The monoisotopic (exact) mass is 235 g/mol. The Bertz CT molecular complexity index is 403. The molecule has 2 unspecified atom stereocenters. The number of aromatic nitrogens is 1. The molecule has 1 fully saturated rings. The Balaban J connectivity index is 2.06. The van der Waals surface area contributed by atoms with Gasteiger partial charge in [0, 0.05) is 13.1 Å². The summed E-state index contributed by atoms with van der Waals surface area (Å²) in [6, 6.07) is 3.72. The van der Waals surface area contributed by atoms with E-state index in [0.29, 0.717) is 12.2 Å². The number of carbonyl (C=O) groups is 1. The highest BCUT2D eigenvalue weighted by Gasteiger charge is 2.26. The van der Waals surface area contributed by atoms with E-state index in [2.05, 4.69) is 9.88 Å². The lowest BCUT2D eigenvalue weighted by atomic mass is 10.1. The predicted octanol–water partition coefficient (Wildman–Crippen LogP) is 0.446. The molecule has 1 amide bonds. The molecule has 0 bridgehead atoms. The molecule has 5 heteroatoms. The smallest absolute Gasteiger partial charge is 0.222 e. The largest absolute Gasteiger partial charge is 0.387 e. The van der Waals surface area contributed by atoms with Crippen LogP contribution in [-0.4, -0.2) is 29.1 Å². The first-order valence-corrected chi connectivity index (χ1v) is 5.76. The Hall–Kier alpha value is -1.62. The van der Waals surface area contributed by atoms with Gasteiger partial charge in [0.05, 0.1) is 29.6 Å². The van der Waals surface area contributed by atoms with Crippen LogP contribution in [0.25, 0.3) is 0 Å². The third-order valence-corrected chi connectivity index (χ3v) is 3.15. The Morgan fingerprint density at radius 1 is 1.65 bits per heavy atom. The van der Waals surface area contributed by atoms with Crippen molar-refractivity contribution in [2.24, 2.45) is 11.7 Å². The highest BCUT2D eigenvalue weighted by molar-refractivity contribution is 5.78. The number of hydrogen-bond donors (Lipinski definition) is 2. The number of amides is 1. The second kappa shape index (κ2) is 4.71. The quantitative estimate of drug-likeness (QED) is 0.797. The van der Waals surface area contributed by atoms with Crippen LogP contribution >= 0.6 is 0 Å². The molecule has 0 radical (unpaired) electrons. The molecule has 17 heavy (non-hydrogen) atoms. The average molecular weight is 235 g/mol. The minimum absolute atomic E-state index is 0.0635. The number of primary amides is 1. The van der Waals surface area contributed by atoms with Gasteiger partial charge in [-0.2, -0.15) is 0 Å². The van der Waals surface area contributed by atoms with Gasteiger partial charge in [-0.3, -0.25) is 9.78 Å². The second-order valence-electron chi connectivity index (χ2n) is 4.45. The van der Waals surface area contributed by atoms with Crippen LogP contribution in [0.3, 0.4) is 0 Å². The first-order valence-electron chi connectivity index (χ1n) is 5.76. The molecule has 0 aliphatic carbocycles. The van der Waals surface area contributed by atoms with Crippen LogP contribution in [0.15, 0.2) is 18.3 Å². The molecule has 2 rings (SSSR count). The maximum atomic E-state index is 11.1. The number of nitrogens with zero attached hydrogens (tertiary/aromatic N) is 2. The third-order valence-electron chi connectivity index (χ3n) is 3.15. The first-order chi connectivity index (χ1) is 8.08. The van der Waals surface area contributed by atoms with Crippen LogP contribution in [0.4, 0.5) is 5.69 Å². The Kier molecular flexibility index (Phi) is 3.28. The Morgan fingerprint density at radius 2 is 2.41 bits per heavy atom. The number of rotatable bonds is 3. The van der Waals surface area contributed by atoms with Crippen molar-refractivity contribution in [2.45, 2.75) is 19.4 Å². The summed E-state index contributed by atoms with van der Waals surface area (Å²) in [5.41, 5.74) is 6.91. The van der Waals surface area contributed by atoms with Crippen molar-refractivity contribution in [3.8, 4) is 0 Å². The maximum absolute atomic E-state index is 11.1. The van der Waals surface area contributed by atoms with Crippen molar-refractivity contribution in [2.75, 3.05) is 18.0 Å². The fourth-order valence-electron chi connectivity index (χ4n) is 2.06. The standard InChI is InChI=1S/C12H17N3O2/c1-8(16)11-3-2-10(6-14-11)15-5-4-9(7-15)12(13)17/h2-3,6,8-9,16H,4-5,7H2,1H3,(H2,13,17). The van der Waals surface area contributed by atoms with Crippen molar-refractivity contribution < 1.29 is 9.90 Å². The number of nitrogens with two attached hydrogens (primary N) is 1. The third kappa shape index (κ3) is 2.55. The SMILES string of the molecule is CC(O)c1ccc(N2CCC(C(N)=O)C2)cn1. The van der Waals surface area contributed by atoms with E-state index in [0.717, 1.165) is 18.7 Å². The summed E-state index contributed by atoms with van der Waals surface area (Å²) in [6.07, 6.45) is 1.97. The van der Waals surface area contributed by atoms with Gasteiger partial charge in [-0.15, -0.1) is 0 Å².